The fraction of sp³-hybridized carbons (Fsp3) is 0.526. The lowest BCUT2D eigenvalue weighted by atomic mass is 10.1. The van der Waals surface area contributed by atoms with Crippen LogP contribution in [0.5, 0.6) is 0 Å². The van der Waals surface area contributed by atoms with Crippen LogP contribution in [0.1, 0.15) is 49.9 Å². The van der Waals surface area contributed by atoms with Crippen LogP contribution in [-0.4, -0.2) is 28.9 Å². The number of aliphatic carboxylic acids is 1. The molecule has 2 atom stereocenters. The zero-order valence-electron chi connectivity index (χ0n) is 14.8. The van der Waals surface area contributed by atoms with E-state index in [0.29, 0.717) is 16.3 Å². The summed E-state index contributed by atoms with van der Waals surface area (Å²) in [5.74, 6) is -2.87. The van der Waals surface area contributed by atoms with Crippen LogP contribution in [0.15, 0.2) is 18.2 Å². The van der Waals surface area contributed by atoms with E-state index in [1.165, 1.54) is 6.07 Å². The summed E-state index contributed by atoms with van der Waals surface area (Å²) in [4.78, 5) is 36.2. The van der Waals surface area contributed by atoms with Crippen molar-refractivity contribution in [2.75, 3.05) is 5.32 Å². The van der Waals surface area contributed by atoms with Gasteiger partial charge in [-0.05, 0) is 36.5 Å². The molecule has 0 unspecified atom stereocenters. The summed E-state index contributed by atoms with van der Waals surface area (Å²) in [5.41, 5.74) is 0.161. The van der Waals surface area contributed by atoms with Gasteiger partial charge in [0, 0.05) is 11.7 Å². The van der Waals surface area contributed by atoms with Gasteiger partial charge in [-0.1, -0.05) is 38.3 Å². The number of carboxylic acids is 1. The first kappa shape index (κ1) is 18.7. The van der Waals surface area contributed by atoms with Crippen molar-refractivity contribution in [2.45, 2.75) is 45.6 Å². The largest absolute Gasteiger partial charge is 0.481 e. The van der Waals surface area contributed by atoms with Crippen molar-refractivity contribution in [1.29, 1.82) is 0 Å². The predicted octanol–water partition coefficient (Wildman–Crippen LogP) is 3.31. The van der Waals surface area contributed by atoms with Crippen LogP contribution in [0.2, 0.25) is 5.02 Å². The summed E-state index contributed by atoms with van der Waals surface area (Å²) < 4.78 is 0. The number of anilines is 1. The average Bonchev–Trinajstić information content (AvgIpc) is 2.90. The second kappa shape index (κ2) is 6.91. The second-order valence-electron chi connectivity index (χ2n) is 7.75. The molecule has 6 nitrogen and oxygen atoms in total. The quantitative estimate of drug-likeness (QED) is 0.732. The summed E-state index contributed by atoms with van der Waals surface area (Å²) in [6, 6.07) is 4.88. The standard InChI is InChI=1S/C19H23ClN2O4/c1-19(2)14(15(19)18(25)26)17(24)22-11-7-8-13(20)12(9-11)16(23)21-10-5-3-4-6-10/h7-10,14-15H,3-6H2,1-2H3,(H,21,23)(H,22,24)(H,25,26)/t14-,15+/m1/s1. The number of carbonyl (C=O) groups excluding carboxylic acids is 2. The van der Waals surface area contributed by atoms with Crippen LogP contribution >= 0.6 is 11.6 Å². The third-order valence-electron chi connectivity index (χ3n) is 5.54. The van der Waals surface area contributed by atoms with Gasteiger partial charge in [0.05, 0.1) is 22.4 Å². The van der Waals surface area contributed by atoms with Crippen LogP contribution < -0.4 is 10.6 Å². The van der Waals surface area contributed by atoms with Gasteiger partial charge in [0.2, 0.25) is 5.91 Å². The van der Waals surface area contributed by atoms with Crippen molar-refractivity contribution in [3.63, 3.8) is 0 Å². The number of benzene rings is 1. The van der Waals surface area contributed by atoms with Crippen LogP contribution in [-0.2, 0) is 9.59 Å². The predicted molar refractivity (Wildman–Crippen MR) is 98.2 cm³/mol. The number of nitrogens with one attached hydrogen (secondary N) is 2. The highest BCUT2D eigenvalue weighted by molar-refractivity contribution is 6.34. The molecule has 3 rings (SSSR count). The molecule has 0 bridgehead atoms. The van der Waals surface area contributed by atoms with Gasteiger partial charge in [0.1, 0.15) is 0 Å². The molecule has 140 valence electrons. The van der Waals surface area contributed by atoms with Gasteiger partial charge in [0.25, 0.3) is 5.91 Å². The van der Waals surface area contributed by atoms with E-state index in [1.807, 2.05) is 0 Å². The van der Waals surface area contributed by atoms with Gasteiger partial charge in [-0.2, -0.15) is 0 Å². The molecule has 0 aliphatic heterocycles. The minimum absolute atomic E-state index is 0.167. The van der Waals surface area contributed by atoms with Gasteiger partial charge < -0.3 is 15.7 Å². The molecular weight excluding hydrogens is 356 g/mol. The minimum atomic E-state index is -0.970. The maximum Gasteiger partial charge on any atom is 0.307 e. The SMILES string of the molecule is CC1(C)[C@H](C(=O)O)[C@@H]1C(=O)Nc1ccc(Cl)c(C(=O)NC2CCCC2)c1. The summed E-state index contributed by atoms with van der Waals surface area (Å²) >= 11 is 6.15. The van der Waals surface area contributed by atoms with E-state index in [2.05, 4.69) is 10.6 Å². The van der Waals surface area contributed by atoms with E-state index in [-0.39, 0.29) is 17.9 Å². The number of amides is 2. The lowest BCUT2D eigenvalue weighted by molar-refractivity contribution is -0.140. The molecule has 0 radical (unpaired) electrons. The molecule has 0 heterocycles. The van der Waals surface area contributed by atoms with E-state index in [0.717, 1.165) is 25.7 Å². The third kappa shape index (κ3) is 3.56. The smallest absolute Gasteiger partial charge is 0.307 e. The van der Waals surface area contributed by atoms with E-state index in [4.69, 9.17) is 11.6 Å². The summed E-state index contributed by atoms with van der Waals surface area (Å²) in [5, 5.41) is 15.2. The molecule has 2 fully saturated rings. The number of hydrogen-bond donors (Lipinski definition) is 3. The lowest BCUT2D eigenvalue weighted by Crippen LogP contribution is -2.32. The highest BCUT2D eigenvalue weighted by atomic mass is 35.5. The third-order valence-corrected chi connectivity index (χ3v) is 5.87. The molecule has 2 aliphatic carbocycles. The van der Waals surface area contributed by atoms with Gasteiger partial charge in [-0.25, -0.2) is 0 Å². The summed E-state index contributed by atoms with van der Waals surface area (Å²) in [7, 11) is 0. The number of carboxylic acid groups (broad SMARTS) is 1. The van der Waals surface area contributed by atoms with Crippen LogP contribution in [0.3, 0.4) is 0 Å². The highest BCUT2D eigenvalue weighted by Gasteiger charge is 2.65. The molecule has 0 spiro atoms. The molecule has 0 saturated heterocycles. The van der Waals surface area contributed by atoms with Crippen molar-refractivity contribution in [3.05, 3.63) is 28.8 Å². The zero-order chi connectivity index (χ0) is 19.1. The zero-order valence-corrected chi connectivity index (χ0v) is 15.6. The molecule has 26 heavy (non-hydrogen) atoms. The van der Waals surface area contributed by atoms with Crippen molar-refractivity contribution < 1.29 is 19.5 Å². The van der Waals surface area contributed by atoms with E-state index < -0.39 is 23.2 Å². The number of halogens is 1. The Morgan fingerprint density at radius 2 is 1.81 bits per heavy atom. The van der Waals surface area contributed by atoms with Crippen molar-refractivity contribution in [3.8, 4) is 0 Å². The topological polar surface area (TPSA) is 95.5 Å². The number of hydrogen-bond acceptors (Lipinski definition) is 3. The Bertz CT molecular complexity index is 756. The Morgan fingerprint density at radius 1 is 1.15 bits per heavy atom. The molecule has 1 aromatic rings. The first-order valence-electron chi connectivity index (χ1n) is 8.86. The molecule has 2 amide bonds. The fourth-order valence-corrected chi connectivity index (χ4v) is 4.12. The van der Waals surface area contributed by atoms with Crippen LogP contribution in [0.25, 0.3) is 0 Å². The Hall–Kier alpha value is -2.08. The van der Waals surface area contributed by atoms with E-state index in [9.17, 15) is 19.5 Å². The second-order valence-corrected chi connectivity index (χ2v) is 8.16. The Kier molecular flexibility index (Phi) is 4.97. The first-order valence-corrected chi connectivity index (χ1v) is 9.23. The van der Waals surface area contributed by atoms with Crippen molar-refractivity contribution >= 4 is 35.1 Å². The molecule has 7 heteroatoms. The van der Waals surface area contributed by atoms with Crippen molar-refractivity contribution in [2.24, 2.45) is 17.3 Å². The summed E-state index contributed by atoms with van der Waals surface area (Å²) in [6.07, 6.45) is 4.15. The Labute approximate surface area is 157 Å². The van der Waals surface area contributed by atoms with E-state index in [1.54, 1.807) is 26.0 Å². The van der Waals surface area contributed by atoms with Gasteiger partial charge in [-0.15, -0.1) is 0 Å². The van der Waals surface area contributed by atoms with Gasteiger partial charge >= 0.3 is 5.97 Å². The molecule has 2 aliphatic rings. The first-order chi connectivity index (χ1) is 12.2. The Morgan fingerprint density at radius 3 is 2.38 bits per heavy atom. The molecular formula is C19H23ClN2O4. The van der Waals surface area contributed by atoms with Crippen LogP contribution in [0, 0.1) is 17.3 Å². The Balaban J connectivity index is 1.70. The molecule has 0 aromatic heterocycles. The van der Waals surface area contributed by atoms with Crippen LogP contribution in [0.4, 0.5) is 5.69 Å². The number of carbonyl (C=O) groups is 3. The average molecular weight is 379 g/mol. The molecule has 1 aromatic carbocycles. The molecule has 3 N–H and O–H groups in total. The van der Waals surface area contributed by atoms with E-state index >= 15 is 0 Å². The van der Waals surface area contributed by atoms with Gasteiger partial charge in [-0.3, -0.25) is 14.4 Å². The van der Waals surface area contributed by atoms with Gasteiger partial charge in [0.15, 0.2) is 0 Å². The monoisotopic (exact) mass is 378 g/mol. The maximum atomic E-state index is 12.5. The number of rotatable bonds is 5. The van der Waals surface area contributed by atoms with Crippen molar-refractivity contribution in [1.82, 2.24) is 5.32 Å². The molecule has 2 saturated carbocycles. The fourth-order valence-electron chi connectivity index (χ4n) is 3.92. The lowest BCUT2D eigenvalue weighted by Gasteiger charge is -2.14. The summed E-state index contributed by atoms with van der Waals surface area (Å²) in [6.45, 7) is 3.52. The maximum absolute atomic E-state index is 12.5. The normalized spacial score (nSPS) is 24.1. The highest BCUT2D eigenvalue weighted by Crippen LogP contribution is 2.58. The minimum Gasteiger partial charge on any atom is -0.481 e.